The Kier molecular flexibility index (Phi) is 3.05. The Labute approximate surface area is 75.6 Å². The minimum absolute atomic E-state index is 0.0538. The van der Waals surface area contributed by atoms with Crippen molar-refractivity contribution in [1.29, 1.82) is 0 Å². The van der Waals surface area contributed by atoms with E-state index in [0.29, 0.717) is 11.0 Å². The maximum atomic E-state index is 10.3. The summed E-state index contributed by atoms with van der Waals surface area (Å²) in [6.07, 6.45) is -0.0538. The van der Waals surface area contributed by atoms with Gasteiger partial charge < -0.3 is 15.2 Å². The lowest BCUT2D eigenvalue weighted by atomic mass is 9.80. The summed E-state index contributed by atoms with van der Waals surface area (Å²) in [5, 5.41) is 25.9. The third-order valence-electron chi connectivity index (χ3n) is 1.63. The van der Waals surface area contributed by atoms with Gasteiger partial charge in [0.1, 0.15) is 0 Å². The molecule has 0 amide bonds. The van der Waals surface area contributed by atoms with Crippen molar-refractivity contribution < 1.29 is 19.9 Å². The van der Waals surface area contributed by atoms with Crippen LogP contribution in [0.2, 0.25) is 0 Å². The summed E-state index contributed by atoms with van der Waals surface area (Å²) < 4.78 is 0. The number of carbonyl (C=O) groups is 1. The molecule has 0 radical (unpaired) electrons. The molecule has 0 aliphatic carbocycles. The molecule has 0 fully saturated rings. The molecule has 0 aromatic heterocycles. The van der Waals surface area contributed by atoms with Crippen molar-refractivity contribution in [3.8, 4) is 0 Å². The number of benzene rings is 1. The molecule has 0 heterocycles. The third kappa shape index (κ3) is 2.89. The van der Waals surface area contributed by atoms with E-state index >= 15 is 0 Å². The van der Waals surface area contributed by atoms with Crippen LogP contribution in [0.3, 0.4) is 0 Å². The number of carboxylic acids is 1. The Balaban J connectivity index is 2.75. The molecule has 3 N–H and O–H groups in total. The van der Waals surface area contributed by atoms with Crippen LogP contribution in [0.25, 0.3) is 0 Å². The molecule has 1 aromatic rings. The standard InChI is InChI=1S/C8H9BO4/c10-8(11)5-6-1-3-7(4-2-6)9(12)13/h1-4,12-13H,5H2,(H,10,11). The second-order valence-electron chi connectivity index (χ2n) is 2.69. The number of aliphatic carboxylic acids is 1. The van der Waals surface area contributed by atoms with Gasteiger partial charge in [0.05, 0.1) is 6.42 Å². The van der Waals surface area contributed by atoms with Gasteiger partial charge in [-0.3, -0.25) is 4.79 Å². The SMILES string of the molecule is O=C(O)Cc1ccc(B(O)O)cc1. The van der Waals surface area contributed by atoms with Gasteiger partial charge in [-0.15, -0.1) is 0 Å². The second-order valence-corrected chi connectivity index (χ2v) is 2.69. The van der Waals surface area contributed by atoms with Gasteiger partial charge in [0.15, 0.2) is 0 Å². The number of hydrogen-bond acceptors (Lipinski definition) is 3. The van der Waals surface area contributed by atoms with Gasteiger partial charge >= 0.3 is 13.1 Å². The van der Waals surface area contributed by atoms with Crippen molar-refractivity contribution >= 4 is 18.6 Å². The lowest BCUT2D eigenvalue weighted by Gasteiger charge is -2.00. The van der Waals surface area contributed by atoms with E-state index in [0.717, 1.165) is 0 Å². The summed E-state index contributed by atoms with van der Waals surface area (Å²) in [6, 6.07) is 6.09. The Hall–Kier alpha value is -1.33. The Bertz CT molecular complexity index is 294. The summed E-state index contributed by atoms with van der Waals surface area (Å²) in [4.78, 5) is 10.3. The smallest absolute Gasteiger partial charge is 0.481 e. The van der Waals surface area contributed by atoms with E-state index in [4.69, 9.17) is 15.2 Å². The highest BCUT2D eigenvalue weighted by Gasteiger charge is 2.10. The molecule has 0 atom stereocenters. The predicted molar refractivity (Wildman–Crippen MR) is 47.6 cm³/mol. The fourth-order valence-corrected chi connectivity index (χ4v) is 0.982. The number of carboxylic acid groups (broad SMARTS) is 1. The molecule has 0 aliphatic heterocycles. The third-order valence-corrected chi connectivity index (χ3v) is 1.63. The minimum atomic E-state index is -1.50. The summed E-state index contributed by atoms with van der Waals surface area (Å²) in [7, 11) is -1.50. The molecule has 1 rings (SSSR count). The maximum Gasteiger partial charge on any atom is 0.488 e. The quantitative estimate of drug-likeness (QED) is 0.521. The van der Waals surface area contributed by atoms with Crippen molar-refractivity contribution in [2.45, 2.75) is 6.42 Å². The molecular weight excluding hydrogens is 171 g/mol. The van der Waals surface area contributed by atoms with Crippen LogP contribution in [0.4, 0.5) is 0 Å². The van der Waals surface area contributed by atoms with Gasteiger partial charge in [-0.05, 0) is 11.0 Å². The average Bonchev–Trinajstić information content (AvgIpc) is 2.04. The van der Waals surface area contributed by atoms with Gasteiger partial charge in [-0.2, -0.15) is 0 Å². The molecule has 0 bridgehead atoms. The van der Waals surface area contributed by atoms with Crippen molar-refractivity contribution in [3.05, 3.63) is 29.8 Å². The van der Waals surface area contributed by atoms with E-state index in [1.165, 1.54) is 12.1 Å². The zero-order valence-electron chi connectivity index (χ0n) is 6.84. The van der Waals surface area contributed by atoms with Gasteiger partial charge in [0.2, 0.25) is 0 Å². The van der Waals surface area contributed by atoms with Gasteiger partial charge in [0.25, 0.3) is 0 Å². The van der Waals surface area contributed by atoms with Gasteiger partial charge in [-0.25, -0.2) is 0 Å². The van der Waals surface area contributed by atoms with E-state index in [1.807, 2.05) is 0 Å². The van der Waals surface area contributed by atoms with Crippen LogP contribution in [-0.4, -0.2) is 28.2 Å². The minimum Gasteiger partial charge on any atom is -0.481 e. The normalized spacial score (nSPS) is 9.69. The Morgan fingerprint density at radius 2 is 1.77 bits per heavy atom. The van der Waals surface area contributed by atoms with Crippen LogP contribution in [0, 0.1) is 0 Å². The lowest BCUT2D eigenvalue weighted by molar-refractivity contribution is -0.136. The van der Waals surface area contributed by atoms with Crippen molar-refractivity contribution in [3.63, 3.8) is 0 Å². The lowest BCUT2D eigenvalue weighted by Crippen LogP contribution is -2.29. The van der Waals surface area contributed by atoms with Crippen LogP contribution in [-0.2, 0) is 11.2 Å². The highest BCUT2D eigenvalue weighted by molar-refractivity contribution is 6.58. The van der Waals surface area contributed by atoms with Crippen LogP contribution in [0.15, 0.2) is 24.3 Å². The molecule has 4 nitrogen and oxygen atoms in total. The summed E-state index contributed by atoms with van der Waals surface area (Å²) >= 11 is 0. The maximum absolute atomic E-state index is 10.3. The highest BCUT2D eigenvalue weighted by Crippen LogP contribution is 1.98. The van der Waals surface area contributed by atoms with Gasteiger partial charge in [0, 0.05) is 0 Å². The molecule has 0 spiro atoms. The Morgan fingerprint density at radius 1 is 1.23 bits per heavy atom. The van der Waals surface area contributed by atoms with E-state index in [2.05, 4.69) is 0 Å². The summed E-state index contributed by atoms with van der Waals surface area (Å²) in [5.41, 5.74) is 0.992. The zero-order valence-corrected chi connectivity index (χ0v) is 6.84. The topological polar surface area (TPSA) is 77.8 Å². The zero-order chi connectivity index (χ0) is 9.84. The van der Waals surface area contributed by atoms with E-state index < -0.39 is 13.1 Å². The molecular formula is C8H9BO4. The molecule has 0 saturated carbocycles. The summed E-state index contributed by atoms with van der Waals surface area (Å²) in [6.45, 7) is 0. The van der Waals surface area contributed by atoms with Crippen LogP contribution in [0.5, 0.6) is 0 Å². The van der Waals surface area contributed by atoms with E-state index in [9.17, 15) is 4.79 Å². The second kappa shape index (κ2) is 4.07. The average molecular weight is 180 g/mol. The number of hydrogen-bond donors (Lipinski definition) is 3. The fourth-order valence-electron chi connectivity index (χ4n) is 0.982. The molecule has 0 unspecified atom stereocenters. The first-order valence-electron chi connectivity index (χ1n) is 3.76. The largest absolute Gasteiger partial charge is 0.488 e. The van der Waals surface area contributed by atoms with Crippen molar-refractivity contribution in [2.24, 2.45) is 0 Å². The van der Waals surface area contributed by atoms with Gasteiger partial charge in [-0.1, -0.05) is 24.3 Å². The monoisotopic (exact) mass is 180 g/mol. The summed E-state index contributed by atoms with van der Waals surface area (Å²) in [5.74, 6) is -0.905. The van der Waals surface area contributed by atoms with Crippen LogP contribution >= 0.6 is 0 Å². The first kappa shape index (κ1) is 9.76. The first-order chi connectivity index (χ1) is 6.09. The molecule has 0 aliphatic rings. The fraction of sp³-hybridized carbons (Fsp3) is 0.125. The highest BCUT2D eigenvalue weighted by atomic mass is 16.4. The van der Waals surface area contributed by atoms with E-state index in [1.54, 1.807) is 12.1 Å². The molecule has 68 valence electrons. The molecule has 13 heavy (non-hydrogen) atoms. The first-order valence-corrected chi connectivity index (χ1v) is 3.76. The van der Waals surface area contributed by atoms with Crippen molar-refractivity contribution in [2.75, 3.05) is 0 Å². The van der Waals surface area contributed by atoms with Crippen LogP contribution < -0.4 is 5.46 Å². The predicted octanol–water partition coefficient (Wildman–Crippen LogP) is -1.01. The Morgan fingerprint density at radius 3 is 2.15 bits per heavy atom. The molecule has 0 saturated heterocycles. The molecule has 1 aromatic carbocycles. The molecule has 5 heteroatoms. The van der Waals surface area contributed by atoms with Crippen LogP contribution in [0.1, 0.15) is 5.56 Å². The van der Waals surface area contributed by atoms with E-state index in [-0.39, 0.29) is 6.42 Å². The van der Waals surface area contributed by atoms with Crippen molar-refractivity contribution in [1.82, 2.24) is 0 Å². The number of rotatable bonds is 3.